The van der Waals surface area contributed by atoms with Gasteiger partial charge in [0.15, 0.2) is 14.0 Å². The van der Waals surface area contributed by atoms with Gasteiger partial charge in [0.25, 0.3) is 0 Å². The molecule has 0 radical (unpaired) electrons. The Morgan fingerprint density at radius 3 is 2.00 bits per heavy atom. The van der Waals surface area contributed by atoms with Gasteiger partial charge in [-0.25, -0.2) is 8.93 Å². The fourth-order valence-corrected chi connectivity index (χ4v) is 5.90. The average molecular weight is 412 g/mol. The molecule has 0 bridgehead atoms. The van der Waals surface area contributed by atoms with Crippen LogP contribution in [0, 0.1) is 5.92 Å². The third-order valence-corrected chi connectivity index (χ3v) is 12.3. The molecule has 0 unspecified atom stereocenters. The third-order valence-electron chi connectivity index (χ3n) is 6.24. The highest BCUT2D eigenvalue weighted by atomic mass is 32.2. The van der Waals surface area contributed by atoms with Gasteiger partial charge in [0.05, 0.1) is 15.7 Å². The average Bonchev–Trinajstić information content (AvgIpc) is 3.04. The minimum absolute atomic E-state index is 0.0258. The van der Waals surface area contributed by atoms with Crippen molar-refractivity contribution in [2.75, 3.05) is 7.11 Å². The van der Waals surface area contributed by atoms with E-state index >= 15 is 0 Å². The molecule has 1 aromatic carbocycles. The normalized spacial score (nSPS) is 30.2. The molecule has 0 aromatic heterocycles. The van der Waals surface area contributed by atoms with Crippen molar-refractivity contribution in [1.82, 2.24) is 4.72 Å². The first-order valence-corrected chi connectivity index (χ1v) is 13.7. The lowest BCUT2D eigenvalue weighted by molar-refractivity contribution is -0.0149. The minimum Gasteiger partial charge on any atom is -0.403 e. The summed E-state index contributed by atoms with van der Waals surface area (Å²) in [6.45, 7) is 19.2. The van der Waals surface area contributed by atoms with Crippen molar-refractivity contribution >= 4 is 19.3 Å². The molecule has 2 rings (SSSR count). The molecule has 1 aliphatic rings. The number of hydrogen-bond donors (Lipinski definition) is 1. The molecule has 4 atom stereocenters. The van der Waals surface area contributed by atoms with Crippen LogP contribution in [0.5, 0.6) is 0 Å². The van der Waals surface area contributed by atoms with Gasteiger partial charge in [-0.3, -0.25) is 0 Å². The van der Waals surface area contributed by atoms with Crippen molar-refractivity contribution in [3.63, 3.8) is 0 Å². The molecule has 6 heteroatoms. The zero-order valence-corrected chi connectivity index (χ0v) is 20.4. The molecular weight excluding hydrogens is 374 g/mol. The maximum Gasteiger partial charge on any atom is 0.193 e. The van der Waals surface area contributed by atoms with Gasteiger partial charge in [0, 0.05) is 13.0 Å². The van der Waals surface area contributed by atoms with Gasteiger partial charge in [-0.1, -0.05) is 58.0 Å². The van der Waals surface area contributed by atoms with E-state index in [2.05, 4.69) is 57.6 Å². The molecule has 154 valence electrons. The molecule has 0 saturated heterocycles. The summed E-state index contributed by atoms with van der Waals surface area (Å²) >= 11 is 0. The highest BCUT2D eigenvalue weighted by molar-refractivity contribution is 7.84. The second-order valence-corrected chi connectivity index (χ2v) is 16.8. The highest BCUT2D eigenvalue weighted by Crippen LogP contribution is 2.66. The summed E-state index contributed by atoms with van der Waals surface area (Å²) in [6.07, 6.45) is 0. The van der Waals surface area contributed by atoms with Crippen molar-refractivity contribution in [2.24, 2.45) is 5.92 Å². The van der Waals surface area contributed by atoms with E-state index in [0.717, 1.165) is 5.56 Å². The smallest absolute Gasteiger partial charge is 0.193 e. The molecular formula is C21H37NO3SSi. The van der Waals surface area contributed by atoms with E-state index in [1.54, 1.807) is 7.11 Å². The number of ether oxygens (including phenoxy) is 1. The van der Waals surface area contributed by atoms with E-state index in [9.17, 15) is 4.21 Å². The lowest BCUT2D eigenvalue weighted by Gasteiger charge is -2.41. The summed E-state index contributed by atoms with van der Waals surface area (Å²) in [5, 5.41) is 0.0553. The number of methoxy groups -OCH3 is 1. The van der Waals surface area contributed by atoms with Crippen molar-refractivity contribution in [1.29, 1.82) is 0 Å². The summed E-state index contributed by atoms with van der Waals surface area (Å²) in [6, 6.07) is 10.2. The Labute approximate surface area is 169 Å². The Hall–Kier alpha value is -0.533. The molecule has 0 spiro atoms. The molecule has 0 aliphatic heterocycles. The van der Waals surface area contributed by atoms with Crippen LogP contribution in [-0.2, 0) is 25.7 Å². The Morgan fingerprint density at radius 2 is 1.59 bits per heavy atom. The van der Waals surface area contributed by atoms with E-state index in [-0.39, 0.29) is 11.0 Å². The van der Waals surface area contributed by atoms with Gasteiger partial charge in [-0.2, -0.15) is 0 Å². The summed E-state index contributed by atoms with van der Waals surface area (Å²) in [7, 11) is -1.71. The van der Waals surface area contributed by atoms with E-state index in [0.29, 0.717) is 0 Å². The van der Waals surface area contributed by atoms with Crippen LogP contribution in [0.3, 0.4) is 0 Å². The summed E-state index contributed by atoms with van der Waals surface area (Å²) in [5.41, 5.74) is -0.405. The number of benzene rings is 1. The number of nitrogens with one attached hydrogen (secondary N) is 1. The lowest BCUT2D eigenvalue weighted by Crippen LogP contribution is -2.52. The van der Waals surface area contributed by atoms with Gasteiger partial charge in [-0.05, 0) is 44.5 Å². The fourth-order valence-electron chi connectivity index (χ4n) is 3.35. The van der Waals surface area contributed by atoms with Crippen LogP contribution in [0.25, 0.3) is 0 Å². The maximum atomic E-state index is 13.0. The first-order chi connectivity index (χ1) is 12.2. The highest BCUT2D eigenvalue weighted by Gasteiger charge is 2.80. The van der Waals surface area contributed by atoms with Crippen molar-refractivity contribution < 1.29 is 13.4 Å². The zero-order valence-electron chi connectivity index (χ0n) is 18.6. The molecule has 1 N–H and O–H groups in total. The standard InChI is InChI=1S/C21H37NO3SSi/c1-16-20(17-14-12-11-13-15-17,25-27(9,10)19(5,6)7)21(16,24-8)22-26(23)18(2,3)4/h11-16,22H,1-10H3/t16-,20-,21-,26-/m1/s1. The predicted molar refractivity (Wildman–Crippen MR) is 116 cm³/mol. The second kappa shape index (κ2) is 7.06. The van der Waals surface area contributed by atoms with Crippen molar-refractivity contribution in [3.8, 4) is 0 Å². The largest absolute Gasteiger partial charge is 0.403 e. The predicted octanol–water partition coefficient (Wildman–Crippen LogP) is 4.95. The third kappa shape index (κ3) is 3.71. The first kappa shape index (κ1) is 22.8. The van der Waals surface area contributed by atoms with Gasteiger partial charge in [-0.15, -0.1) is 0 Å². The minimum atomic E-state index is -2.12. The molecule has 27 heavy (non-hydrogen) atoms. The van der Waals surface area contributed by atoms with E-state index in [1.807, 2.05) is 39.0 Å². The monoisotopic (exact) mass is 411 g/mol. The van der Waals surface area contributed by atoms with Crippen LogP contribution in [-0.4, -0.2) is 30.1 Å². The Bertz CT molecular complexity index is 696. The lowest BCUT2D eigenvalue weighted by atomic mass is 10.1. The van der Waals surface area contributed by atoms with Crippen molar-refractivity contribution in [3.05, 3.63) is 35.9 Å². The van der Waals surface area contributed by atoms with Crippen LogP contribution in [0.1, 0.15) is 54.0 Å². The van der Waals surface area contributed by atoms with E-state index in [4.69, 9.17) is 9.16 Å². The van der Waals surface area contributed by atoms with E-state index < -0.39 is 35.4 Å². The molecule has 1 saturated carbocycles. The van der Waals surface area contributed by atoms with Gasteiger partial charge in [0.2, 0.25) is 0 Å². The Kier molecular flexibility index (Phi) is 5.95. The topological polar surface area (TPSA) is 47.6 Å². The zero-order chi connectivity index (χ0) is 20.9. The first-order valence-electron chi connectivity index (χ1n) is 9.66. The Morgan fingerprint density at radius 1 is 1.07 bits per heavy atom. The number of rotatable bonds is 6. The molecule has 4 nitrogen and oxygen atoms in total. The van der Waals surface area contributed by atoms with Crippen molar-refractivity contribution in [2.45, 2.75) is 82.7 Å². The molecule has 1 aliphatic carbocycles. The van der Waals surface area contributed by atoms with Crippen LogP contribution < -0.4 is 4.72 Å². The SMILES string of the molecule is CO[C@]1(N[S@](=O)C(C)(C)C)[C@H](C)[C@@]1(O[Si](C)(C)C(C)(C)C)c1ccccc1. The molecule has 1 fully saturated rings. The second-order valence-electron chi connectivity index (χ2n) is 10.1. The van der Waals surface area contributed by atoms with Crippen LogP contribution in [0.2, 0.25) is 18.1 Å². The Balaban J connectivity index is 2.56. The molecule has 0 heterocycles. The van der Waals surface area contributed by atoms with Gasteiger partial charge >= 0.3 is 0 Å². The summed E-state index contributed by atoms with van der Waals surface area (Å²) < 4.78 is 29.0. The van der Waals surface area contributed by atoms with Gasteiger partial charge in [0.1, 0.15) is 5.60 Å². The number of hydrogen-bond acceptors (Lipinski definition) is 3. The molecule has 1 aromatic rings. The van der Waals surface area contributed by atoms with E-state index in [1.165, 1.54) is 0 Å². The quantitative estimate of drug-likeness (QED) is 0.532. The van der Waals surface area contributed by atoms with Crippen LogP contribution >= 0.6 is 0 Å². The molecule has 0 amide bonds. The fraction of sp³-hybridized carbons (Fsp3) is 0.714. The summed E-state index contributed by atoms with van der Waals surface area (Å²) in [4.78, 5) is 0. The summed E-state index contributed by atoms with van der Waals surface area (Å²) in [5.74, 6) is 0.0258. The maximum absolute atomic E-state index is 13.0. The van der Waals surface area contributed by atoms with Crippen LogP contribution in [0.15, 0.2) is 30.3 Å². The van der Waals surface area contributed by atoms with Crippen LogP contribution in [0.4, 0.5) is 0 Å². The van der Waals surface area contributed by atoms with Gasteiger partial charge < -0.3 is 9.16 Å².